The molecule has 0 aliphatic carbocycles. The SMILES string of the molecule is B/C(CCS)=C(/I)C(C)C. The van der Waals surface area contributed by atoms with E-state index in [0.717, 1.165) is 12.2 Å². The van der Waals surface area contributed by atoms with Gasteiger partial charge in [-0.25, -0.2) is 0 Å². The molecule has 58 valence electrons. The van der Waals surface area contributed by atoms with Crippen LogP contribution in [0.1, 0.15) is 20.3 Å². The van der Waals surface area contributed by atoms with Crippen molar-refractivity contribution in [2.24, 2.45) is 5.92 Å². The normalized spacial score (nSPS) is 13.7. The van der Waals surface area contributed by atoms with Crippen LogP contribution in [0.2, 0.25) is 0 Å². The minimum atomic E-state index is 0.681. The molecule has 0 aromatic heterocycles. The number of hydrogen-bond donors (Lipinski definition) is 1. The lowest BCUT2D eigenvalue weighted by Gasteiger charge is -2.07. The Labute approximate surface area is 83.8 Å². The average molecular weight is 268 g/mol. The van der Waals surface area contributed by atoms with Gasteiger partial charge < -0.3 is 0 Å². The molecule has 3 heteroatoms. The van der Waals surface area contributed by atoms with Gasteiger partial charge in [-0.05, 0) is 44.3 Å². The van der Waals surface area contributed by atoms with Crippen LogP contribution < -0.4 is 0 Å². The van der Waals surface area contributed by atoms with E-state index >= 15 is 0 Å². The quantitative estimate of drug-likeness (QED) is 0.453. The first-order valence-corrected chi connectivity index (χ1v) is 5.26. The molecule has 10 heavy (non-hydrogen) atoms. The maximum atomic E-state index is 4.19. The van der Waals surface area contributed by atoms with Crippen LogP contribution in [-0.2, 0) is 0 Å². The number of allylic oxidation sites excluding steroid dienone is 2. The predicted molar refractivity (Wildman–Crippen MR) is 62.9 cm³/mol. The first-order valence-electron chi connectivity index (χ1n) is 3.55. The predicted octanol–water partition coefficient (Wildman–Crippen LogP) is 2.24. The average Bonchev–Trinajstić information content (AvgIpc) is 1.87. The van der Waals surface area contributed by atoms with Gasteiger partial charge in [0.1, 0.15) is 7.85 Å². The van der Waals surface area contributed by atoms with Crippen molar-refractivity contribution < 1.29 is 0 Å². The molecule has 0 aromatic carbocycles. The van der Waals surface area contributed by atoms with E-state index in [1.807, 2.05) is 0 Å². The molecule has 0 fully saturated rings. The molecule has 0 N–H and O–H groups in total. The molecule has 0 aromatic rings. The van der Waals surface area contributed by atoms with Crippen LogP contribution in [0.25, 0.3) is 0 Å². The zero-order valence-electron chi connectivity index (χ0n) is 6.82. The Morgan fingerprint density at radius 3 is 2.40 bits per heavy atom. The molecule has 0 aliphatic heterocycles. The Kier molecular flexibility index (Phi) is 6.01. The van der Waals surface area contributed by atoms with E-state index in [2.05, 4.69) is 56.9 Å². The lowest BCUT2D eigenvalue weighted by molar-refractivity contribution is 0.816. The minimum absolute atomic E-state index is 0.681. The van der Waals surface area contributed by atoms with Crippen molar-refractivity contribution in [3.63, 3.8) is 0 Å². The number of halogens is 1. The summed E-state index contributed by atoms with van der Waals surface area (Å²) in [6, 6.07) is 0. The highest BCUT2D eigenvalue weighted by Gasteiger charge is 2.01. The van der Waals surface area contributed by atoms with Gasteiger partial charge in [0.15, 0.2) is 0 Å². The van der Waals surface area contributed by atoms with Gasteiger partial charge in [0.05, 0.1) is 0 Å². The van der Waals surface area contributed by atoms with Crippen LogP contribution in [0.5, 0.6) is 0 Å². The molecule has 0 aliphatic rings. The minimum Gasteiger partial charge on any atom is -0.179 e. The highest BCUT2D eigenvalue weighted by Crippen LogP contribution is 2.22. The highest BCUT2D eigenvalue weighted by molar-refractivity contribution is 14.1. The van der Waals surface area contributed by atoms with Crippen molar-refractivity contribution in [3.8, 4) is 0 Å². The molecular formula is C7H14BIS. The fourth-order valence-electron chi connectivity index (χ4n) is 0.780. The third-order valence-electron chi connectivity index (χ3n) is 1.40. The van der Waals surface area contributed by atoms with Crippen LogP contribution in [0.15, 0.2) is 9.05 Å². The second-order valence-corrected chi connectivity index (χ2v) is 4.37. The molecule has 0 heterocycles. The largest absolute Gasteiger partial charge is 0.179 e. The van der Waals surface area contributed by atoms with Crippen molar-refractivity contribution in [2.45, 2.75) is 20.3 Å². The summed E-state index contributed by atoms with van der Waals surface area (Å²) < 4.78 is 1.49. The Hall–Kier alpha value is 0.885. The van der Waals surface area contributed by atoms with Crippen LogP contribution >= 0.6 is 35.2 Å². The van der Waals surface area contributed by atoms with Gasteiger partial charge in [0, 0.05) is 0 Å². The molecular weight excluding hydrogens is 254 g/mol. The van der Waals surface area contributed by atoms with E-state index in [9.17, 15) is 0 Å². The number of rotatable bonds is 3. The van der Waals surface area contributed by atoms with E-state index < -0.39 is 0 Å². The van der Waals surface area contributed by atoms with Gasteiger partial charge in [-0.3, -0.25) is 0 Å². The molecule has 0 spiro atoms. The molecule has 0 saturated carbocycles. The van der Waals surface area contributed by atoms with E-state index in [4.69, 9.17) is 0 Å². The Morgan fingerprint density at radius 2 is 2.10 bits per heavy atom. The second kappa shape index (κ2) is 5.52. The summed E-state index contributed by atoms with van der Waals surface area (Å²) in [7, 11) is 2.19. The van der Waals surface area contributed by atoms with E-state index in [0.29, 0.717) is 5.92 Å². The molecule has 0 nitrogen and oxygen atoms in total. The Bertz CT molecular complexity index is 132. The molecule has 0 rings (SSSR count). The smallest absolute Gasteiger partial charge is 0.134 e. The van der Waals surface area contributed by atoms with Crippen molar-refractivity contribution in [3.05, 3.63) is 9.05 Å². The summed E-state index contributed by atoms with van der Waals surface area (Å²) >= 11 is 6.61. The third-order valence-corrected chi connectivity index (χ3v) is 3.79. The van der Waals surface area contributed by atoms with Gasteiger partial charge in [-0.2, -0.15) is 12.6 Å². The van der Waals surface area contributed by atoms with E-state index in [1.165, 1.54) is 9.05 Å². The fraction of sp³-hybridized carbons (Fsp3) is 0.714. The summed E-state index contributed by atoms with van der Waals surface area (Å²) in [5.41, 5.74) is 1.49. The maximum absolute atomic E-state index is 4.19. The first kappa shape index (κ1) is 10.9. The Morgan fingerprint density at radius 1 is 1.60 bits per heavy atom. The van der Waals surface area contributed by atoms with Crippen LogP contribution in [0.4, 0.5) is 0 Å². The zero-order chi connectivity index (χ0) is 8.15. The monoisotopic (exact) mass is 268 g/mol. The molecule has 0 atom stereocenters. The second-order valence-electron chi connectivity index (χ2n) is 2.76. The molecule has 0 bridgehead atoms. The molecule has 0 saturated heterocycles. The zero-order valence-corrected chi connectivity index (χ0v) is 9.87. The topological polar surface area (TPSA) is 0 Å². The van der Waals surface area contributed by atoms with Gasteiger partial charge in [-0.1, -0.05) is 19.3 Å². The lowest BCUT2D eigenvalue weighted by atomic mass is 9.90. The lowest BCUT2D eigenvalue weighted by Crippen LogP contribution is -1.94. The summed E-state index contributed by atoms with van der Waals surface area (Å²) in [6.07, 6.45) is 1.12. The number of hydrogen-bond acceptors (Lipinski definition) is 1. The standard InChI is InChI=1S/C7H14BIS/c1-5(2)7(9)6(8)3-4-10/h5,10H,3-4,8H2,1-2H3/b7-6+. The van der Waals surface area contributed by atoms with E-state index in [-0.39, 0.29) is 0 Å². The van der Waals surface area contributed by atoms with Crippen molar-refractivity contribution in [1.82, 2.24) is 0 Å². The molecule has 0 radical (unpaired) electrons. The molecule has 0 amide bonds. The van der Waals surface area contributed by atoms with Crippen LogP contribution in [0, 0.1) is 5.92 Å². The van der Waals surface area contributed by atoms with Crippen LogP contribution in [0.3, 0.4) is 0 Å². The van der Waals surface area contributed by atoms with Crippen molar-refractivity contribution in [1.29, 1.82) is 0 Å². The van der Waals surface area contributed by atoms with E-state index in [1.54, 1.807) is 0 Å². The summed E-state index contributed by atoms with van der Waals surface area (Å²) in [5, 5.41) is 0. The van der Waals surface area contributed by atoms with Crippen molar-refractivity contribution >= 4 is 43.1 Å². The van der Waals surface area contributed by atoms with Gasteiger partial charge in [0.25, 0.3) is 0 Å². The van der Waals surface area contributed by atoms with Gasteiger partial charge in [-0.15, -0.1) is 0 Å². The highest BCUT2D eigenvalue weighted by atomic mass is 127. The summed E-state index contributed by atoms with van der Waals surface area (Å²) in [4.78, 5) is 0. The fourth-order valence-corrected chi connectivity index (χ4v) is 1.39. The summed E-state index contributed by atoms with van der Waals surface area (Å²) in [6.45, 7) is 4.45. The Balaban J connectivity index is 4.05. The van der Waals surface area contributed by atoms with Crippen molar-refractivity contribution in [2.75, 3.05) is 5.75 Å². The third kappa shape index (κ3) is 3.91. The maximum Gasteiger partial charge on any atom is 0.134 e. The first-order chi connectivity index (χ1) is 4.59. The number of thiol groups is 1. The van der Waals surface area contributed by atoms with Gasteiger partial charge >= 0.3 is 0 Å². The van der Waals surface area contributed by atoms with Crippen LogP contribution in [-0.4, -0.2) is 13.6 Å². The van der Waals surface area contributed by atoms with Gasteiger partial charge in [0.2, 0.25) is 0 Å². The molecule has 0 unspecified atom stereocenters. The summed E-state index contributed by atoms with van der Waals surface area (Å²) in [5.74, 6) is 1.64.